The minimum atomic E-state index is -0.154. The standard InChI is InChI=1S/C14H22ClN3O/c1-10(2)13(16)7-8-18(3)14(19)17-12-6-4-5-11(15)9-12/h4-6,9-10,13H,7-8,16H2,1-3H3,(H,17,19). The van der Waals surface area contributed by atoms with Crippen LogP contribution < -0.4 is 11.1 Å². The SMILES string of the molecule is CC(C)C(N)CCN(C)C(=O)Nc1cccc(Cl)c1. The average molecular weight is 284 g/mol. The third-order valence-corrected chi connectivity index (χ3v) is 3.31. The van der Waals surface area contributed by atoms with Gasteiger partial charge in [-0.1, -0.05) is 31.5 Å². The highest BCUT2D eigenvalue weighted by Gasteiger charge is 2.12. The fourth-order valence-electron chi connectivity index (χ4n) is 1.56. The topological polar surface area (TPSA) is 58.4 Å². The summed E-state index contributed by atoms with van der Waals surface area (Å²) >= 11 is 5.86. The summed E-state index contributed by atoms with van der Waals surface area (Å²) in [6.45, 7) is 4.79. The van der Waals surface area contributed by atoms with Gasteiger partial charge in [0.1, 0.15) is 0 Å². The Labute approximate surface area is 119 Å². The van der Waals surface area contributed by atoms with E-state index in [1.165, 1.54) is 0 Å². The van der Waals surface area contributed by atoms with Gasteiger partial charge in [0.2, 0.25) is 0 Å². The van der Waals surface area contributed by atoms with E-state index in [1.54, 1.807) is 36.2 Å². The van der Waals surface area contributed by atoms with E-state index < -0.39 is 0 Å². The molecule has 19 heavy (non-hydrogen) atoms. The number of nitrogens with zero attached hydrogens (tertiary/aromatic N) is 1. The van der Waals surface area contributed by atoms with Gasteiger partial charge >= 0.3 is 6.03 Å². The molecule has 3 N–H and O–H groups in total. The zero-order chi connectivity index (χ0) is 14.4. The molecule has 0 saturated carbocycles. The summed E-state index contributed by atoms with van der Waals surface area (Å²) in [5.74, 6) is 0.421. The van der Waals surface area contributed by atoms with Gasteiger partial charge in [0.15, 0.2) is 0 Å². The lowest BCUT2D eigenvalue weighted by molar-refractivity contribution is 0.219. The highest BCUT2D eigenvalue weighted by molar-refractivity contribution is 6.30. The van der Waals surface area contributed by atoms with Crippen LogP contribution >= 0.6 is 11.6 Å². The number of carbonyl (C=O) groups is 1. The van der Waals surface area contributed by atoms with Crippen LogP contribution in [-0.2, 0) is 0 Å². The van der Waals surface area contributed by atoms with Gasteiger partial charge in [0, 0.05) is 30.3 Å². The fourth-order valence-corrected chi connectivity index (χ4v) is 1.75. The van der Waals surface area contributed by atoms with Crippen LogP contribution in [0, 0.1) is 5.92 Å². The monoisotopic (exact) mass is 283 g/mol. The molecule has 0 aliphatic carbocycles. The minimum absolute atomic E-state index is 0.112. The van der Waals surface area contributed by atoms with Crippen LogP contribution in [0.3, 0.4) is 0 Å². The molecule has 1 aromatic carbocycles. The number of rotatable bonds is 5. The first kappa shape index (κ1) is 15.8. The second-order valence-corrected chi connectivity index (χ2v) is 5.50. The van der Waals surface area contributed by atoms with Gasteiger partial charge < -0.3 is 16.0 Å². The van der Waals surface area contributed by atoms with E-state index in [2.05, 4.69) is 19.2 Å². The van der Waals surface area contributed by atoms with E-state index in [0.29, 0.717) is 23.2 Å². The van der Waals surface area contributed by atoms with Gasteiger partial charge in [0.25, 0.3) is 0 Å². The van der Waals surface area contributed by atoms with E-state index in [0.717, 1.165) is 6.42 Å². The molecule has 0 spiro atoms. The van der Waals surface area contributed by atoms with Crippen LogP contribution in [0.4, 0.5) is 10.5 Å². The van der Waals surface area contributed by atoms with Crippen molar-refractivity contribution in [3.8, 4) is 0 Å². The molecule has 0 bridgehead atoms. The molecule has 2 amide bonds. The van der Waals surface area contributed by atoms with Crippen LogP contribution in [0.15, 0.2) is 24.3 Å². The number of hydrogen-bond donors (Lipinski definition) is 2. The van der Waals surface area contributed by atoms with Crippen LogP contribution in [0.2, 0.25) is 5.02 Å². The van der Waals surface area contributed by atoms with Crippen molar-refractivity contribution >= 4 is 23.3 Å². The Hall–Kier alpha value is -1.26. The van der Waals surface area contributed by atoms with Gasteiger partial charge in [0.05, 0.1) is 0 Å². The molecular weight excluding hydrogens is 262 g/mol. The fraction of sp³-hybridized carbons (Fsp3) is 0.500. The Balaban J connectivity index is 2.45. The number of anilines is 1. The Morgan fingerprint density at radius 3 is 2.74 bits per heavy atom. The van der Waals surface area contributed by atoms with Crippen molar-refractivity contribution in [1.82, 2.24) is 4.90 Å². The highest BCUT2D eigenvalue weighted by Crippen LogP contribution is 2.15. The number of benzene rings is 1. The number of nitrogens with two attached hydrogens (primary N) is 1. The zero-order valence-electron chi connectivity index (χ0n) is 11.7. The molecule has 0 aliphatic rings. The second kappa shape index (κ2) is 7.36. The predicted molar refractivity (Wildman–Crippen MR) is 80.5 cm³/mol. The average Bonchev–Trinajstić information content (AvgIpc) is 2.35. The second-order valence-electron chi connectivity index (χ2n) is 5.06. The molecule has 0 radical (unpaired) electrons. The largest absolute Gasteiger partial charge is 0.328 e. The smallest absolute Gasteiger partial charge is 0.321 e. The number of nitrogens with one attached hydrogen (secondary N) is 1. The molecule has 0 fully saturated rings. The Kier molecular flexibility index (Phi) is 6.12. The number of carbonyl (C=O) groups excluding carboxylic acids is 1. The molecule has 4 nitrogen and oxygen atoms in total. The normalized spacial score (nSPS) is 12.3. The summed E-state index contributed by atoms with van der Waals surface area (Å²) < 4.78 is 0. The van der Waals surface area contributed by atoms with E-state index in [1.807, 2.05) is 0 Å². The maximum atomic E-state index is 11.9. The van der Waals surface area contributed by atoms with Crippen LogP contribution in [0.1, 0.15) is 20.3 Å². The van der Waals surface area contributed by atoms with E-state index in [9.17, 15) is 4.79 Å². The zero-order valence-corrected chi connectivity index (χ0v) is 12.4. The molecule has 0 aromatic heterocycles. The van der Waals surface area contributed by atoms with Crippen molar-refractivity contribution in [2.45, 2.75) is 26.3 Å². The molecular formula is C14H22ClN3O. The minimum Gasteiger partial charge on any atom is -0.328 e. The summed E-state index contributed by atoms with van der Waals surface area (Å²) in [5, 5.41) is 3.40. The number of halogens is 1. The van der Waals surface area contributed by atoms with Gasteiger partial charge in [-0.2, -0.15) is 0 Å². The lowest BCUT2D eigenvalue weighted by atomic mass is 10.0. The number of amides is 2. The van der Waals surface area contributed by atoms with Gasteiger partial charge in [-0.05, 0) is 30.5 Å². The molecule has 106 valence electrons. The van der Waals surface area contributed by atoms with Crippen LogP contribution in [-0.4, -0.2) is 30.6 Å². The van der Waals surface area contributed by atoms with Gasteiger partial charge in [-0.25, -0.2) is 4.79 Å². The molecule has 1 unspecified atom stereocenters. The predicted octanol–water partition coefficient (Wildman–Crippen LogP) is 3.18. The lowest BCUT2D eigenvalue weighted by Crippen LogP contribution is -2.36. The molecule has 5 heteroatoms. The molecule has 0 heterocycles. The van der Waals surface area contributed by atoms with E-state index in [4.69, 9.17) is 17.3 Å². The third-order valence-electron chi connectivity index (χ3n) is 3.08. The molecule has 1 rings (SSSR count). The molecule has 0 saturated heterocycles. The Bertz CT molecular complexity index is 423. The molecule has 0 aliphatic heterocycles. The molecule has 1 aromatic rings. The van der Waals surface area contributed by atoms with Crippen molar-refractivity contribution < 1.29 is 4.79 Å². The highest BCUT2D eigenvalue weighted by atomic mass is 35.5. The maximum Gasteiger partial charge on any atom is 0.321 e. The van der Waals surface area contributed by atoms with Crippen molar-refractivity contribution in [1.29, 1.82) is 0 Å². The Morgan fingerprint density at radius 1 is 1.47 bits per heavy atom. The first-order chi connectivity index (χ1) is 8.90. The number of hydrogen-bond acceptors (Lipinski definition) is 2. The summed E-state index contributed by atoms with van der Waals surface area (Å²) in [5.41, 5.74) is 6.65. The van der Waals surface area contributed by atoms with Crippen LogP contribution in [0.25, 0.3) is 0 Å². The first-order valence-electron chi connectivity index (χ1n) is 6.43. The van der Waals surface area contributed by atoms with Crippen LogP contribution in [0.5, 0.6) is 0 Å². The van der Waals surface area contributed by atoms with Gasteiger partial charge in [-0.3, -0.25) is 0 Å². The summed E-state index contributed by atoms with van der Waals surface area (Å²) in [4.78, 5) is 13.6. The summed E-state index contributed by atoms with van der Waals surface area (Å²) in [6, 6.07) is 7.04. The molecule has 1 atom stereocenters. The lowest BCUT2D eigenvalue weighted by Gasteiger charge is -2.22. The van der Waals surface area contributed by atoms with E-state index in [-0.39, 0.29) is 12.1 Å². The van der Waals surface area contributed by atoms with Crippen molar-refractivity contribution in [2.75, 3.05) is 18.9 Å². The van der Waals surface area contributed by atoms with Crippen molar-refractivity contribution in [3.63, 3.8) is 0 Å². The number of urea groups is 1. The van der Waals surface area contributed by atoms with Crippen molar-refractivity contribution in [3.05, 3.63) is 29.3 Å². The first-order valence-corrected chi connectivity index (χ1v) is 6.81. The Morgan fingerprint density at radius 2 is 2.16 bits per heavy atom. The maximum absolute atomic E-state index is 11.9. The van der Waals surface area contributed by atoms with E-state index >= 15 is 0 Å². The van der Waals surface area contributed by atoms with Crippen molar-refractivity contribution in [2.24, 2.45) is 11.7 Å². The van der Waals surface area contributed by atoms with Gasteiger partial charge in [-0.15, -0.1) is 0 Å². The summed E-state index contributed by atoms with van der Waals surface area (Å²) in [6.07, 6.45) is 0.789. The quantitative estimate of drug-likeness (QED) is 0.872. The third kappa shape index (κ3) is 5.49. The summed E-state index contributed by atoms with van der Waals surface area (Å²) in [7, 11) is 1.76.